The average Bonchev–Trinajstić information content (AvgIpc) is 2.74. The van der Waals surface area contributed by atoms with Crippen LogP contribution in [0.3, 0.4) is 0 Å². The Labute approximate surface area is 105 Å². The predicted molar refractivity (Wildman–Crippen MR) is 70.0 cm³/mol. The molecule has 17 heavy (non-hydrogen) atoms. The van der Waals surface area contributed by atoms with Gasteiger partial charge in [-0.3, -0.25) is 5.32 Å². The van der Waals surface area contributed by atoms with Gasteiger partial charge in [-0.2, -0.15) is 0 Å². The standard InChI is InChI=1S/C11H16N4OS/c1-2-3-7-13-10(16)15-11-14-8-9(17-11)5-4-6-12/h8H,2-3,6-7,12H2,1H3,(H2,13,14,15,16). The molecule has 92 valence electrons. The van der Waals surface area contributed by atoms with Gasteiger partial charge in [-0.15, -0.1) is 0 Å². The van der Waals surface area contributed by atoms with Crippen LogP contribution in [0, 0.1) is 11.8 Å². The van der Waals surface area contributed by atoms with E-state index in [1.807, 2.05) is 0 Å². The van der Waals surface area contributed by atoms with Gasteiger partial charge in [-0.1, -0.05) is 36.5 Å². The summed E-state index contributed by atoms with van der Waals surface area (Å²) in [6, 6.07) is -0.230. The van der Waals surface area contributed by atoms with Gasteiger partial charge in [0.05, 0.1) is 17.6 Å². The van der Waals surface area contributed by atoms with Crippen LogP contribution in [0.4, 0.5) is 9.93 Å². The van der Waals surface area contributed by atoms with Crippen molar-refractivity contribution < 1.29 is 4.79 Å². The van der Waals surface area contributed by atoms with E-state index in [-0.39, 0.29) is 6.03 Å². The van der Waals surface area contributed by atoms with Crippen LogP contribution >= 0.6 is 11.3 Å². The number of thiazole rings is 1. The molecule has 0 unspecified atom stereocenters. The van der Waals surface area contributed by atoms with Crippen molar-refractivity contribution in [1.29, 1.82) is 0 Å². The van der Waals surface area contributed by atoms with E-state index in [9.17, 15) is 4.79 Å². The van der Waals surface area contributed by atoms with E-state index < -0.39 is 0 Å². The van der Waals surface area contributed by atoms with E-state index in [4.69, 9.17) is 5.73 Å². The number of anilines is 1. The number of nitrogens with one attached hydrogen (secondary N) is 2. The highest BCUT2D eigenvalue weighted by Crippen LogP contribution is 2.16. The molecule has 0 aliphatic heterocycles. The fourth-order valence-electron chi connectivity index (χ4n) is 1.05. The van der Waals surface area contributed by atoms with Gasteiger partial charge in [0.15, 0.2) is 5.13 Å². The molecule has 4 N–H and O–H groups in total. The fraction of sp³-hybridized carbons (Fsp3) is 0.455. The molecule has 1 rings (SSSR count). The van der Waals surface area contributed by atoms with Gasteiger partial charge in [0.1, 0.15) is 0 Å². The second-order valence-electron chi connectivity index (χ2n) is 3.27. The molecule has 0 aliphatic rings. The zero-order valence-electron chi connectivity index (χ0n) is 9.75. The van der Waals surface area contributed by atoms with E-state index in [1.54, 1.807) is 6.20 Å². The van der Waals surface area contributed by atoms with Crippen molar-refractivity contribution in [3.05, 3.63) is 11.1 Å². The summed E-state index contributed by atoms with van der Waals surface area (Å²) in [5.74, 6) is 5.59. The molecule has 0 saturated carbocycles. The third-order valence-corrected chi connectivity index (χ3v) is 2.68. The first kappa shape index (κ1) is 13.5. The number of carbonyl (C=O) groups excluding carboxylic acids is 1. The Bertz CT molecular complexity index is 419. The number of amides is 2. The van der Waals surface area contributed by atoms with Gasteiger partial charge in [-0.25, -0.2) is 9.78 Å². The Morgan fingerprint density at radius 2 is 2.47 bits per heavy atom. The van der Waals surface area contributed by atoms with Crippen LogP contribution in [0.15, 0.2) is 6.20 Å². The number of hydrogen-bond donors (Lipinski definition) is 3. The van der Waals surface area contributed by atoms with Crippen molar-refractivity contribution in [2.45, 2.75) is 19.8 Å². The van der Waals surface area contributed by atoms with Gasteiger partial charge in [0.25, 0.3) is 0 Å². The minimum absolute atomic E-state index is 0.230. The molecule has 0 aliphatic carbocycles. The number of carbonyl (C=O) groups is 1. The number of nitrogens with zero attached hydrogens (tertiary/aromatic N) is 1. The molecule has 5 nitrogen and oxygen atoms in total. The van der Waals surface area contributed by atoms with Crippen LogP contribution in [0.1, 0.15) is 24.6 Å². The third kappa shape index (κ3) is 5.33. The summed E-state index contributed by atoms with van der Waals surface area (Å²) in [6.07, 6.45) is 3.64. The molecular formula is C11H16N4OS. The lowest BCUT2D eigenvalue weighted by Crippen LogP contribution is -2.29. The van der Waals surface area contributed by atoms with E-state index in [2.05, 4.69) is 34.4 Å². The van der Waals surface area contributed by atoms with Crippen LogP contribution in [0.5, 0.6) is 0 Å². The molecule has 0 atom stereocenters. The van der Waals surface area contributed by atoms with E-state index >= 15 is 0 Å². The van der Waals surface area contributed by atoms with Crippen molar-refractivity contribution >= 4 is 22.5 Å². The molecule has 0 spiro atoms. The van der Waals surface area contributed by atoms with E-state index in [0.29, 0.717) is 18.2 Å². The Balaban J connectivity index is 2.40. The van der Waals surface area contributed by atoms with Gasteiger partial charge in [0.2, 0.25) is 0 Å². The summed E-state index contributed by atoms with van der Waals surface area (Å²) in [6.45, 7) is 3.06. The maximum atomic E-state index is 11.4. The summed E-state index contributed by atoms with van der Waals surface area (Å²) in [4.78, 5) is 16.2. The van der Waals surface area contributed by atoms with E-state index in [0.717, 1.165) is 17.7 Å². The second-order valence-corrected chi connectivity index (χ2v) is 4.30. The van der Waals surface area contributed by atoms with Crippen molar-refractivity contribution in [3.8, 4) is 11.8 Å². The third-order valence-electron chi connectivity index (χ3n) is 1.86. The minimum Gasteiger partial charge on any atom is -0.338 e. The number of hydrogen-bond acceptors (Lipinski definition) is 4. The smallest absolute Gasteiger partial charge is 0.321 e. The molecule has 6 heteroatoms. The summed E-state index contributed by atoms with van der Waals surface area (Å²) >= 11 is 1.33. The summed E-state index contributed by atoms with van der Waals surface area (Å²) in [5.41, 5.74) is 5.26. The molecule has 0 aromatic carbocycles. The van der Waals surface area contributed by atoms with Gasteiger partial charge in [-0.05, 0) is 6.42 Å². The lowest BCUT2D eigenvalue weighted by molar-refractivity contribution is 0.252. The molecule has 0 fully saturated rings. The Morgan fingerprint density at radius 3 is 3.18 bits per heavy atom. The lowest BCUT2D eigenvalue weighted by atomic mass is 10.3. The van der Waals surface area contributed by atoms with Crippen molar-refractivity contribution in [1.82, 2.24) is 10.3 Å². The summed E-state index contributed by atoms with van der Waals surface area (Å²) in [5, 5.41) is 5.94. The lowest BCUT2D eigenvalue weighted by Gasteiger charge is -2.03. The number of nitrogens with two attached hydrogens (primary N) is 1. The van der Waals surface area contributed by atoms with Crippen molar-refractivity contribution in [3.63, 3.8) is 0 Å². The highest BCUT2D eigenvalue weighted by molar-refractivity contribution is 7.16. The number of rotatable bonds is 4. The maximum Gasteiger partial charge on any atom is 0.321 e. The number of urea groups is 1. The van der Waals surface area contributed by atoms with Crippen LogP contribution in [0.25, 0.3) is 0 Å². The minimum atomic E-state index is -0.230. The Hall–Kier alpha value is -1.58. The van der Waals surface area contributed by atoms with Gasteiger partial charge < -0.3 is 11.1 Å². The van der Waals surface area contributed by atoms with Crippen LogP contribution < -0.4 is 16.4 Å². The summed E-state index contributed by atoms with van der Waals surface area (Å²) in [7, 11) is 0. The topological polar surface area (TPSA) is 80.0 Å². The van der Waals surface area contributed by atoms with Crippen LogP contribution in [-0.2, 0) is 0 Å². The van der Waals surface area contributed by atoms with Crippen LogP contribution in [0.2, 0.25) is 0 Å². The van der Waals surface area contributed by atoms with Crippen molar-refractivity contribution in [2.75, 3.05) is 18.4 Å². The highest BCUT2D eigenvalue weighted by Gasteiger charge is 2.04. The quantitative estimate of drug-likeness (QED) is 0.559. The Morgan fingerprint density at radius 1 is 1.65 bits per heavy atom. The molecule has 1 heterocycles. The van der Waals surface area contributed by atoms with E-state index in [1.165, 1.54) is 11.3 Å². The van der Waals surface area contributed by atoms with Gasteiger partial charge >= 0.3 is 6.03 Å². The molecule has 2 amide bonds. The summed E-state index contributed by atoms with van der Waals surface area (Å²) < 4.78 is 0. The zero-order chi connectivity index (χ0) is 12.5. The first-order chi connectivity index (χ1) is 8.26. The molecule has 0 radical (unpaired) electrons. The Kier molecular flexibility index (Phi) is 6.07. The zero-order valence-corrected chi connectivity index (χ0v) is 10.6. The first-order valence-corrected chi connectivity index (χ1v) is 6.27. The van der Waals surface area contributed by atoms with Crippen LogP contribution in [-0.4, -0.2) is 24.1 Å². The maximum absolute atomic E-state index is 11.4. The van der Waals surface area contributed by atoms with Crippen molar-refractivity contribution in [2.24, 2.45) is 5.73 Å². The second kappa shape index (κ2) is 7.65. The molecule has 0 saturated heterocycles. The SMILES string of the molecule is CCCCNC(=O)Nc1ncc(C#CCN)s1. The average molecular weight is 252 g/mol. The highest BCUT2D eigenvalue weighted by atomic mass is 32.1. The molecular weight excluding hydrogens is 236 g/mol. The molecule has 1 aromatic rings. The van der Waals surface area contributed by atoms with Gasteiger partial charge in [0, 0.05) is 6.54 Å². The first-order valence-electron chi connectivity index (χ1n) is 5.46. The molecule has 0 bridgehead atoms. The number of aromatic nitrogens is 1. The number of unbranched alkanes of at least 4 members (excludes halogenated alkanes) is 1. The predicted octanol–water partition coefficient (Wildman–Crippen LogP) is 1.37. The molecule has 1 aromatic heterocycles. The monoisotopic (exact) mass is 252 g/mol. The fourth-order valence-corrected chi connectivity index (χ4v) is 1.73. The normalized spacial score (nSPS) is 9.29. The largest absolute Gasteiger partial charge is 0.338 e.